The zero-order valence-electron chi connectivity index (χ0n) is 3.89. The van der Waals surface area contributed by atoms with Gasteiger partial charge in [-0.3, -0.25) is 5.32 Å². The number of hydrogen-bond donors (Lipinski definition) is 1. The van der Waals surface area contributed by atoms with Gasteiger partial charge in [0, 0.05) is 6.54 Å². The SMILES string of the molecule is O=CC1CNCO1. The molecule has 1 saturated heterocycles. The second-order valence-electron chi connectivity index (χ2n) is 1.44. The summed E-state index contributed by atoms with van der Waals surface area (Å²) in [6.07, 6.45) is 0.611. The van der Waals surface area contributed by atoms with Gasteiger partial charge in [0.1, 0.15) is 12.4 Å². The third-order valence-electron chi connectivity index (χ3n) is 0.897. The van der Waals surface area contributed by atoms with Crippen LogP contribution < -0.4 is 5.32 Å². The highest BCUT2D eigenvalue weighted by molar-refractivity contribution is 5.56. The van der Waals surface area contributed by atoms with Crippen molar-refractivity contribution in [1.29, 1.82) is 0 Å². The average Bonchev–Trinajstić information content (AvgIpc) is 2.14. The van der Waals surface area contributed by atoms with Crippen LogP contribution in [0, 0.1) is 0 Å². The predicted molar refractivity (Wildman–Crippen MR) is 23.8 cm³/mol. The number of rotatable bonds is 1. The van der Waals surface area contributed by atoms with Crippen LogP contribution >= 0.6 is 0 Å². The van der Waals surface area contributed by atoms with Gasteiger partial charge in [0.15, 0.2) is 0 Å². The molecular formula is C4H7NO2. The van der Waals surface area contributed by atoms with E-state index < -0.39 is 0 Å². The van der Waals surface area contributed by atoms with E-state index in [0.29, 0.717) is 13.3 Å². The van der Waals surface area contributed by atoms with Crippen LogP contribution in [0.1, 0.15) is 0 Å². The summed E-state index contributed by atoms with van der Waals surface area (Å²) >= 11 is 0. The minimum absolute atomic E-state index is 0.194. The fraction of sp³-hybridized carbons (Fsp3) is 0.750. The minimum atomic E-state index is -0.194. The normalized spacial score (nSPS) is 30.6. The van der Waals surface area contributed by atoms with Crippen LogP contribution in [0.25, 0.3) is 0 Å². The molecule has 0 amide bonds. The highest BCUT2D eigenvalue weighted by Gasteiger charge is 2.11. The van der Waals surface area contributed by atoms with E-state index in [1.807, 2.05) is 0 Å². The number of nitrogens with one attached hydrogen (secondary N) is 1. The number of carbonyl (C=O) groups excluding carboxylic acids is 1. The third kappa shape index (κ3) is 0.976. The van der Waals surface area contributed by atoms with Gasteiger partial charge in [0.2, 0.25) is 0 Å². The van der Waals surface area contributed by atoms with Crippen molar-refractivity contribution in [3.63, 3.8) is 0 Å². The molecule has 40 valence electrons. The molecule has 1 rings (SSSR count). The Labute approximate surface area is 41.7 Å². The smallest absolute Gasteiger partial charge is 0.150 e. The lowest BCUT2D eigenvalue weighted by atomic mass is 10.4. The molecule has 1 unspecified atom stereocenters. The molecule has 7 heavy (non-hydrogen) atoms. The first-order valence-corrected chi connectivity index (χ1v) is 2.21. The first kappa shape index (κ1) is 4.74. The van der Waals surface area contributed by atoms with Crippen molar-refractivity contribution in [2.75, 3.05) is 13.3 Å². The van der Waals surface area contributed by atoms with Crippen molar-refractivity contribution in [3.05, 3.63) is 0 Å². The van der Waals surface area contributed by atoms with Crippen LogP contribution in [0.2, 0.25) is 0 Å². The van der Waals surface area contributed by atoms with Crippen molar-refractivity contribution in [3.8, 4) is 0 Å². The number of hydrogen-bond acceptors (Lipinski definition) is 3. The Bertz CT molecular complexity index is 68.1. The number of ether oxygens (including phenoxy) is 1. The van der Waals surface area contributed by atoms with Crippen molar-refractivity contribution in [2.24, 2.45) is 0 Å². The van der Waals surface area contributed by atoms with Gasteiger partial charge in [-0.15, -0.1) is 0 Å². The zero-order valence-corrected chi connectivity index (χ0v) is 3.89. The van der Waals surface area contributed by atoms with Crippen molar-refractivity contribution >= 4 is 6.29 Å². The molecule has 1 N–H and O–H groups in total. The van der Waals surface area contributed by atoms with Crippen molar-refractivity contribution < 1.29 is 9.53 Å². The van der Waals surface area contributed by atoms with Gasteiger partial charge in [-0.25, -0.2) is 0 Å². The van der Waals surface area contributed by atoms with Crippen molar-refractivity contribution in [1.82, 2.24) is 5.32 Å². The van der Waals surface area contributed by atoms with Crippen LogP contribution in [0.15, 0.2) is 0 Å². The molecule has 0 aromatic heterocycles. The van der Waals surface area contributed by atoms with Gasteiger partial charge < -0.3 is 9.53 Å². The highest BCUT2D eigenvalue weighted by atomic mass is 16.5. The first-order chi connectivity index (χ1) is 3.43. The Morgan fingerprint density at radius 1 is 1.86 bits per heavy atom. The maximum absolute atomic E-state index is 9.84. The fourth-order valence-electron chi connectivity index (χ4n) is 0.513. The molecule has 1 heterocycles. The molecule has 1 atom stereocenters. The lowest BCUT2D eigenvalue weighted by Crippen LogP contribution is -2.14. The molecule has 1 fully saturated rings. The van der Waals surface area contributed by atoms with E-state index in [-0.39, 0.29) is 6.10 Å². The average molecular weight is 101 g/mol. The molecule has 0 aliphatic carbocycles. The standard InChI is InChI=1S/C4H7NO2/c6-2-4-1-5-3-7-4/h2,4-5H,1,3H2. The third-order valence-corrected chi connectivity index (χ3v) is 0.897. The van der Waals surface area contributed by atoms with Gasteiger partial charge in [-0.05, 0) is 0 Å². The van der Waals surface area contributed by atoms with Crippen LogP contribution in [-0.4, -0.2) is 25.7 Å². The largest absolute Gasteiger partial charge is 0.354 e. The van der Waals surface area contributed by atoms with E-state index in [4.69, 9.17) is 4.74 Å². The highest BCUT2D eigenvalue weighted by Crippen LogP contribution is 1.90. The van der Waals surface area contributed by atoms with Crippen LogP contribution in [0.3, 0.4) is 0 Å². The molecule has 0 aromatic carbocycles. The summed E-state index contributed by atoms with van der Waals surface area (Å²) in [5, 5.41) is 2.87. The monoisotopic (exact) mass is 101 g/mol. The van der Waals surface area contributed by atoms with E-state index in [0.717, 1.165) is 6.29 Å². The maximum Gasteiger partial charge on any atom is 0.150 e. The van der Waals surface area contributed by atoms with Crippen LogP contribution in [0.5, 0.6) is 0 Å². The Hall–Kier alpha value is -0.410. The Balaban J connectivity index is 2.26. The van der Waals surface area contributed by atoms with Crippen LogP contribution in [-0.2, 0) is 9.53 Å². The molecule has 1 aliphatic rings. The van der Waals surface area contributed by atoms with Gasteiger partial charge in [-0.1, -0.05) is 0 Å². The van der Waals surface area contributed by atoms with Gasteiger partial charge in [0.25, 0.3) is 0 Å². The predicted octanol–water partition coefficient (Wildman–Crippen LogP) is -0.869. The molecule has 1 aliphatic heterocycles. The maximum atomic E-state index is 9.84. The van der Waals surface area contributed by atoms with E-state index in [1.165, 1.54) is 0 Å². The van der Waals surface area contributed by atoms with Crippen LogP contribution in [0.4, 0.5) is 0 Å². The quantitative estimate of drug-likeness (QED) is 0.436. The molecule has 0 saturated carbocycles. The lowest BCUT2D eigenvalue weighted by Gasteiger charge is -1.91. The topological polar surface area (TPSA) is 38.3 Å². The Morgan fingerprint density at radius 2 is 2.71 bits per heavy atom. The molecule has 3 nitrogen and oxygen atoms in total. The van der Waals surface area contributed by atoms with Gasteiger partial charge in [0.05, 0.1) is 6.73 Å². The number of aldehydes is 1. The lowest BCUT2D eigenvalue weighted by molar-refractivity contribution is -0.115. The minimum Gasteiger partial charge on any atom is -0.354 e. The van der Waals surface area contributed by atoms with Gasteiger partial charge in [-0.2, -0.15) is 0 Å². The summed E-state index contributed by atoms with van der Waals surface area (Å²) in [6.45, 7) is 1.19. The fourth-order valence-corrected chi connectivity index (χ4v) is 0.513. The van der Waals surface area contributed by atoms with E-state index >= 15 is 0 Å². The zero-order chi connectivity index (χ0) is 5.11. The van der Waals surface area contributed by atoms with Crippen molar-refractivity contribution in [2.45, 2.75) is 6.10 Å². The molecule has 0 aromatic rings. The summed E-state index contributed by atoms with van der Waals surface area (Å²) in [5.74, 6) is 0. The van der Waals surface area contributed by atoms with Gasteiger partial charge >= 0.3 is 0 Å². The van der Waals surface area contributed by atoms with E-state index in [2.05, 4.69) is 5.32 Å². The summed E-state index contributed by atoms with van der Waals surface area (Å²) in [6, 6.07) is 0. The Kier molecular flexibility index (Phi) is 1.38. The second-order valence-corrected chi connectivity index (χ2v) is 1.44. The molecule has 0 radical (unpaired) electrons. The van der Waals surface area contributed by atoms with E-state index in [1.54, 1.807) is 0 Å². The Morgan fingerprint density at radius 3 is 3.00 bits per heavy atom. The molecule has 0 bridgehead atoms. The van der Waals surface area contributed by atoms with E-state index in [9.17, 15) is 4.79 Å². The first-order valence-electron chi connectivity index (χ1n) is 2.21. The molecular weight excluding hydrogens is 94.0 g/mol. The molecule has 3 heteroatoms. The summed E-state index contributed by atoms with van der Waals surface area (Å²) in [7, 11) is 0. The summed E-state index contributed by atoms with van der Waals surface area (Å²) in [5.41, 5.74) is 0. The summed E-state index contributed by atoms with van der Waals surface area (Å²) in [4.78, 5) is 9.84. The molecule has 0 spiro atoms. The summed E-state index contributed by atoms with van der Waals surface area (Å²) < 4.78 is 4.82. The number of carbonyl (C=O) groups is 1. The second kappa shape index (κ2) is 2.04.